The Labute approximate surface area is 112 Å². The molecule has 0 amide bonds. The molecule has 2 aromatic rings. The van der Waals surface area contributed by atoms with Crippen LogP contribution < -0.4 is 4.73 Å². The summed E-state index contributed by atoms with van der Waals surface area (Å²) >= 11 is 3.30. The minimum Gasteiger partial charge on any atom is -0.618 e. The molecule has 0 saturated heterocycles. The van der Waals surface area contributed by atoms with Gasteiger partial charge in [-0.3, -0.25) is 0 Å². The Bertz CT molecular complexity index is 628. The molecule has 0 aliphatic rings. The largest absolute Gasteiger partial charge is 0.618 e. The Balaban J connectivity index is 2.68. The lowest BCUT2D eigenvalue weighted by atomic mass is 10.2. The minimum absolute atomic E-state index is 0.0532. The van der Waals surface area contributed by atoms with Gasteiger partial charge in [0.2, 0.25) is 16.9 Å². The number of carbonyl (C=O) groups is 1. The molecule has 0 bridgehead atoms. The normalized spacial score (nSPS) is 10.6. The lowest BCUT2D eigenvalue weighted by Crippen LogP contribution is -2.34. The van der Waals surface area contributed by atoms with E-state index in [1.165, 1.54) is 0 Å². The summed E-state index contributed by atoms with van der Waals surface area (Å²) in [5.74, 6) is -0.582. The number of carbonyl (C=O) groups excluding carboxylic acids is 1. The van der Waals surface area contributed by atoms with E-state index in [0.717, 1.165) is 4.47 Å². The van der Waals surface area contributed by atoms with Crippen molar-refractivity contribution < 1.29 is 14.3 Å². The van der Waals surface area contributed by atoms with Crippen molar-refractivity contribution in [3.8, 4) is 0 Å². The van der Waals surface area contributed by atoms with Gasteiger partial charge in [-0.15, -0.1) is 0 Å². The smallest absolute Gasteiger partial charge is 0.363 e. The minimum atomic E-state index is -0.582. The lowest BCUT2D eigenvalue weighted by Gasteiger charge is -2.08. The van der Waals surface area contributed by atoms with Crippen LogP contribution in [0.15, 0.2) is 22.7 Å². The van der Waals surface area contributed by atoms with E-state index in [2.05, 4.69) is 20.9 Å². The molecule has 0 aliphatic heterocycles. The van der Waals surface area contributed by atoms with E-state index in [0.29, 0.717) is 15.8 Å². The molecule has 18 heavy (non-hydrogen) atoms. The molecule has 0 spiro atoms. The monoisotopic (exact) mass is 310 g/mol. The summed E-state index contributed by atoms with van der Waals surface area (Å²) in [5, 5.41) is 12.0. The molecule has 0 unspecified atom stereocenters. The number of esters is 1. The topological polar surface area (TPSA) is 66.1 Å². The molecule has 0 radical (unpaired) electrons. The van der Waals surface area contributed by atoms with Crippen LogP contribution in [0.2, 0.25) is 0 Å². The molecule has 94 valence electrons. The van der Waals surface area contributed by atoms with E-state index in [1.54, 1.807) is 32.0 Å². The Morgan fingerprint density at radius 2 is 2.28 bits per heavy atom. The average molecular weight is 311 g/mol. The van der Waals surface area contributed by atoms with Gasteiger partial charge in [0.25, 0.3) is 0 Å². The van der Waals surface area contributed by atoms with Crippen LogP contribution in [0, 0.1) is 12.1 Å². The molecular formula is C12H11BrN2O3. The third-order valence-electron chi connectivity index (χ3n) is 2.50. The average Bonchev–Trinajstić information content (AvgIpc) is 2.33. The highest BCUT2D eigenvalue weighted by Gasteiger charge is 2.21. The molecule has 0 aliphatic carbocycles. The predicted molar refractivity (Wildman–Crippen MR) is 69.1 cm³/mol. The van der Waals surface area contributed by atoms with Gasteiger partial charge in [-0.1, -0.05) is 15.9 Å². The fraction of sp³-hybridized carbons (Fsp3) is 0.250. The SMILES string of the molecule is CCOC(=O)c1nc2cc(Br)ccc2[n+]([O-])c1C. The van der Waals surface area contributed by atoms with E-state index in [9.17, 15) is 10.0 Å². The Morgan fingerprint density at radius 1 is 1.56 bits per heavy atom. The molecule has 1 aromatic heterocycles. The van der Waals surface area contributed by atoms with E-state index in [-0.39, 0.29) is 18.0 Å². The third kappa shape index (κ3) is 2.15. The molecule has 6 heteroatoms. The highest BCUT2D eigenvalue weighted by molar-refractivity contribution is 9.10. The van der Waals surface area contributed by atoms with Crippen LogP contribution in [0.1, 0.15) is 23.1 Å². The number of benzene rings is 1. The van der Waals surface area contributed by atoms with Crippen molar-refractivity contribution in [1.82, 2.24) is 4.98 Å². The fourth-order valence-electron chi connectivity index (χ4n) is 1.63. The van der Waals surface area contributed by atoms with Gasteiger partial charge in [-0.05, 0) is 19.1 Å². The first-order valence-electron chi connectivity index (χ1n) is 5.41. The number of fused-ring (bicyclic) bond motifs is 1. The van der Waals surface area contributed by atoms with Crippen molar-refractivity contribution in [2.75, 3.05) is 6.61 Å². The van der Waals surface area contributed by atoms with Crippen LogP contribution in [0.5, 0.6) is 0 Å². The Kier molecular flexibility index (Phi) is 3.47. The molecule has 0 N–H and O–H groups in total. The van der Waals surface area contributed by atoms with Gasteiger partial charge in [0.05, 0.1) is 6.61 Å². The number of nitrogens with zero attached hydrogens (tertiary/aromatic N) is 2. The van der Waals surface area contributed by atoms with Gasteiger partial charge in [0.1, 0.15) is 5.52 Å². The maximum atomic E-state index is 12.0. The van der Waals surface area contributed by atoms with Gasteiger partial charge in [0.15, 0.2) is 0 Å². The molecule has 1 heterocycles. The number of aromatic nitrogens is 2. The van der Waals surface area contributed by atoms with Gasteiger partial charge in [-0.25, -0.2) is 9.78 Å². The first-order valence-corrected chi connectivity index (χ1v) is 6.20. The quantitative estimate of drug-likeness (QED) is 0.484. The number of hydrogen-bond acceptors (Lipinski definition) is 4. The summed E-state index contributed by atoms with van der Waals surface area (Å²) in [7, 11) is 0. The molecule has 0 fully saturated rings. The van der Waals surface area contributed by atoms with Crippen LogP contribution in [0.25, 0.3) is 11.0 Å². The van der Waals surface area contributed by atoms with E-state index >= 15 is 0 Å². The number of halogens is 1. The van der Waals surface area contributed by atoms with Crippen molar-refractivity contribution in [2.45, 2.75) is 13.8 Å². The van der Waals surface area contributed by atoms with Crippen LogP contribution in [-0.4, -0.2) is 17.6 Å². The second-order valence-electron chi connectivity index (χ2n) is 3.69. The third-order valence-corrected chi connectivity index (χ3v) is 3.00. The lowest BCUT2D eigenvalue weighted by molar-refractivity contribution is -0.584. The van der Waals surface area contributed by atoms with Crippen LogP contribution in [0.3, 0.4) is 0 Å². The maximum absolute atomic E-state index is 12.0. The first-order chi connectivity index (χ1) is 8.54. The predicted octanol–water partition coefficient (Wildman–Crippen LogP) is 2.12. The van der Waals surface area contributed by atoms with Crippen molar-refractivity contribution in [2.24, 2.45) is 0 Å². The van der Waals surface area contributed by atoms with E-state index in [4.69, 9.17) is 4.74 Å². The zero-order valence-electron chi connectivity index (χ0n) is 9.94. The molecular weight excluding hydrogens is 300 g/mol. The van der Waals surface area contributed by atoms with E-state index in [1.807, 2.05) is 0 Å². The van der Waals surface area contributed by atoms with Gasteiger partial charge in [0, 0.05) is 17.5 Å². The highest BCUT2D eigenvalue weighted by Crippen LogP contribution is 2.17. The van der Waals surface area contributed by atoms with E-state index < -0.39 is 5.97 Å². The van der Waals surface area contributed by atoms with Crippen LogP contribution in [0.4, 0.5) is 0 Å². The van der Waals surface area contributed by atoms with Crippen molar-refractivity contribution in [3.05, 3.63) is 39.3 Å². The number of rotatable bonds is 2. The number of hydrogen-bond donors (Lipinski definition) is 0. The summed E-state index contributed by atoms with van der Waals surface area (Å²) in [6, 6.07) is 5.09. The van der Waals surface area contributed by atoms with Crippen LogP contribution in [-0.2, 0) is 4.74 Å². The fourth-order valence-corrected chi connectivity index (χ4v) is 1.98. The molecule has 0 saturated carbocycles. The van der Waals surface area contributed by atoms with Gasteiger partial charge >= 0.3 is 5.97 Å². The zero-order valence-corrected chi connectivity index (χ0v) is 11.5. The zero-order chi connectivity index (χ0) is 13.3. The van der Waals surface area contributed by atoms with Crippen molar-refractivity contribution >= 4 is 32.9 Å². The Hall–Kier alpha value is -1.69. The summed E-state index contributed by atoms with van der Waals surface area (Å²) in [4.78, 5) is 15.9. The molecule has 1 aromatic carbocycles. The Morgan fingerprint density at radius 3 is 2.94 bits per heavy atom. The summed E-state index contributed by atoms with van der Waals surface area (Å²) in [5.41, 5.74) is 1.16. The van der Waals surface area contributed by atoms with Crippen molar-refractivity contribution in [1.29, 1.82) is 0 Å². The standard InChI is InChI=1S/C12H11BrN2O3/c1-3-18-12(16)11-7(2)15(17)10-5-4-8(13)6-9(10)14-11/h4-6H,3H2,1-2H3. The van der Waals surface area contributed by atoms with Gasteiger partial charge in [-0.2, -0.15) is 4.73 Å². The second kappa shape index (κ2) is 4.89. The second-order valence-corrected chi connectivity index (χ2v) is 4.61. The summed E-state index contributed by atoms with van der Waals surface area (Å²) in [6.45, 7) is 3.50. The van der Waals surface area contributed by atoms with Crippen molar-refractivity contribution in [3.63, 3.8) is 0 Å². The maximum Gasteiger partial charge on any atom is 0.363 e. The summed E-state index contributed by atoms with van der Waals surface area (Å²) in [6.07, 6.45) is 0. The highest BCUT2D eigenvalue weighted by atomic mass is 79.9. The summed E-state index contributed by atoms with van der Waals surface area (Å²) < 4.78 is 6.37. The molecule has 2 rings (SSSR count). The number of ether oxygens (including phenoxy) is 1. The molecule has 0 atom stereocenters. The van der Waals surface area contributed by atoms with Crippen LogP contribution >= 0.6 is 15.9 Å². The first kappa shape index (κ1) is 12.8. The molecule has 5 nitrogen and oxygen atoms in total. The van der Waals surface area contributed by atoms with Gasteiger partial charge < -0.3 is 9.94 Å².